The van der Waals surface area contributed by atoms with Gasteiger partial charge in [0, 0.05) is 37.6 Å². The Morgan fingerprint density at radius 2 is 1.79 bits per heavy atom. The van der Waals surface area contributed by atoms with Crippen molar-refractivity contribution in [1.29, 1.82) is 0 Å². The first kappa shape index (κ1) is 35.6. The number of carbonyl (C=O) groups excluding carboxylic acids is 2. The average molecular weight is 700 g/mol. The minimum Gasteiger partial charge on any atom is -0.454 e. The van der Waals surface area contributed by atoms with E-state index >= 15 is 0 Å². The molecule has 2 aromatic carbocycles. The molecule has 2 N–H and O–H groups in total. The standard InChI is InChI=1S/C34H45N5O7S2/c1-22(2)17-38(48(43,44)27-11-12-30-31(16-27)46-21-45-30)19-29(40)28(15-25-9-7-6-8-10-25)36-33(41)32(23(3)4)39-14-13-37(34(39)42)18-26-20-47-24(5)35-26/h6-12,16,20,22-23,28-29,32,40H,13-15,17-19,21H2,1-5H3,(H,36,41)/t28-,29+,32-/m0/s1. The van der Waals surface area contributed by atoms with E-state index in [4.69, 9.17) is 9.47 Å². The third-order valence-electron chi connectivity index (χ3n) is 8.41. The Hall–Kier alpha value is -3.72. The van der Waals surface area contributed by atoms with Gasteiger partial charge in [0.1, 0.15) is 6.04 Å². The van der Waals surface area contributed by atoms with Gasteiger partial charge in [-0.05, 0) is 42.9 Å². The largest absolute Gasteiger partial charge is 0.454 e. The van der Waals surface area contributed by atoms with Crippen LogP contribution in [0.3, 0.4) is 0 Å². The molecule has 0 saturated carbocycles. The summed E-state index contributed by atoms with van der Waals surface area (Å²) in [5.74, 6) is 0.123. The number of urea groups is 1. The molecule has 3 heterocycles. The lowest BCUT2D eigenvalue weighted by Gasteiger charge is -2.34. The highest BCUT2D eigenvalue weighted by molar-refractivity contribution is 7.89. The number of fused-ring (bicyclic) bond motifs is 1. The molecular formula is C34H45N5O7S2. The van der Waals surface area contributed by atoms with Crippen LogP contribution in [0.25, 0.3) is 0 Å². The molecule has 14 heteroatoms. The molecule has 0 bridgehead atoms. The van der Waals surface area contributed by atoms with Gasteiger partial charge in [-0.1, -0.05) is 58.0 Å². The quantitative estimate of drug-likeness (QED) is 0.244. The number of nitrogens with one attached hydrogen (secondary N) is 1. The van der Waals surface area contributed by atoms with E-state index in [0.29, 0.717) is 31.1 Å². The second-order valence-electron chi connectivity index (χ2n) is 13.0. The average Bonchev–Trinajstić information content (AvgIpc) is 3.77. The SMILES string of the molecule is Cc1nc(CN2CCN([C@H](C(=O)N[C@@H](Cc3ccccc3)[C@H](O)CN(CC(C)C)S(=O)(=O)c3ccc4c(c3)OCO4)C(C)C)C2=O)cs1. The van der Waals surface area contributed by atoms with Gasteiger partial charge in [0.05, 0.1) is 34.3 Å². The van der Waals surface area contributed by atoms with Crippen molar-refractivity contribution in [3.05, 3.63) is 70.2 Å². The van der Waals surface area contributed by atoms with Crippen LogP contribution in [0.1, 0.15) is 44.0 Å². The Kier molecular flexibility index (Phi) is 11.3. The van der Waals surface area contributed by atoms with Crippen LogP contribution in [0.4, 0.5) is 4.79 Å². The maximum absolute atomic E-state index is 14.1. The number of hydrogen-bond donors (Lipinski definition) is 2. The molecule has 0 spiro atoms. The first-order valence-corrected chi connectivity index (χ1v) is 18.5. The van der Waals surface area contributed by atoms with Crippen molar-refractivity contribution >= 4 is 33.3 Å². The molecule has 3 aromatic rings. The topological polar surface area (TPSA) is 142 Å². The van der Waals surface area contributed by atoms with Crippen molar-refractivity contribution in [2.24, 2.45) is 11.8 Å². The van der Waals surface area contributed by atoms with Gasteiger partial charge in [-0.2, -0.15) is 4.31 Å². The molecule has 12 nitrogen and oxygen atoms in total. The van der Waals surface area contributed by atoms with Gasteiger partial charge >= 0.3 is 6.03 Å². The second kappa shape index (κ2) is 15.2. The number of rotatable bonds is 15. The van der Waals surface area contributed by atoms with Crippen molar-refractivity contribution in [3.8, 4) is 11.5 Å². The first-order chi connectivity index (χ1) is 22.8. The summed E-state index contributed by atoms with van der Waals surface area (Å²) in [5.41, 5.74) is 1.67. The molecule has 3 atom stereocenters. The van der Waals surface area contributed by atoms with Crippen molar-refractivity contribution in [1.82, 2.24) is 24.4 Å². The van der Waals surface area contributed by atoms with Gasteiger partial charge in [-0.25, -0.2) is 18.2 Å². The van der Waals surface area contributed by atoms with Gasteiger partial charge in [0.2, 0.25) is 22.7 Å². The third-order valence-corrected chi connectivity index (χ3v) is 11.1. The number of aryl methyl sites for hydroxylation is 1. The van der Waals surface area contributed by atoms with E-state index in [-0.39, 0.29) is 49.1 Å². The molecule has 0 unspecified atom stereocenters. The van der Waals surface area contributed by atoms with Crippen LogP contribution in [0.2, 0.25) is 0 Å². The van der Waals surface area contributed by atoms with Crippen molar-refractivity contribution < 1.29 is 32.6 Å². The number of hydrogen-bond acceptors (Lipinski definition) is 9. The zero-order valence-corrected chi connectivity index (χ0v) is 29.7. The van der Waals surface area contributed by atoms with Crippen LogP contribution < -0.4 is 14.8 Å². The molecule has 260 valence electrons. The fourth-order valence-electron chi connectivity index (χ4n) is 6.11. The Labute approximate surface area is 286 Å². The van der Waals surface area contributed by atoms with E-state index in [0.717, 1.165) is 16.3 Å². The van der Waals surface area contributed by atoms with Gasteiger partial charge < -0.3 is 29.7 Å². The summed E-state index contributed by atoms with van der Waals surface area (Å²) in [4.78, 5) is 35.4. The fraction of sp³-hybridized carbons (Fsp3) is 0.500. The Bertz CT molecular complexity index is 1680. The van der Waals surface area contributed by atoms with Gasteiger partial charge in [-0.3, -0.25) is 4.79 Å². The van der Waals surface area contributed by atoms with Crippen LogP contribution in [-0.4, -0.2) is 95.7 Å². The smallest absolute Gasteiger partial charge is 0.321 e. The van der Waals surface area contributed by atoms with E-state index in [1.54, 1.807) is 15.9 Å². The predicted octanol–water partition coefficient (Wildman–Crippen LogP) is 3.88. The van der Waals surface area contributed by atoms with E-state index < -0.39 is 34.1 Å². The summed E-state index contributed by atoms with van der Waals surface area (Å²) in [6.07, 6.45) is -1.02. The number of ether oxygens (including phenoxy) is 2. The van der Waals surface area contributed by atoms with Crippen LogP contribution >= 0.6 is 11.3 Å². The highest BCUT2D eigenvalue weighted by Gasteiger charge is 2.40. The number of carbonyl (C=O) groups is 2. The lowest BCUT2D eigenvalue weighted by atomic mass is 9.97. The summed E-state index contributed by atoms with van der Waals surface area (Å²) < 4.78 is 39.9. The van der Waals surface area contributed by atoms with E-state index in [2.05, 4.69) is 10.3 Å². The number of amides is 3. The molecule has 48 heavy (non-hydrogen) atoms. The lowest BCUT2D eigenvalue weighted by Crippen LogP contribution is -2.57. The summed E-state index contributed by atoms with van der Waals surface area (Å²) >= 11 is 1.53. The number of sulfonamides is 1. The Balaban J connectivity index is 1.37. The van der Waals surface area contributed by atoms with E-state index in [9.17, 15) is 23.1 Å². The molecule has 1 aromatic heterocycles. The van der Waals surface area contributed by atoms with Crippen molar-refractivity contribution in [3.63, 3.8) is 0 Å². The summed E-state index contributed by atoms with van der Waals surface area (Å²) in [5, 5.41) is 17.6. The summed E-state index contributed by atoms with van der Waals surface area (Å²) in [7, 11) is -4.07. The Morgan fingerprint density at radius 1 is 1.06 bits per heavy atom. The van der Waals surface area contributed by atoms with E-state index in [1.165, 1.54) is 27.8 Å². The zero-order valence-electron chi connectivity index (χ0n) is 28.0. The molecule has 0 radical (unpaired) electrons. The summed E-state index contributed by atoms with van der Waals surface area (Å²) in [6.45, 7) is 10.6. The van der Waals surface area contributed by atoms with Crippen molar-refractivity contribution in [2.75, 3.05) is 33.0 Å². The highest BCUT2D eigenvalue weighted by Crippen LogP contribution is 2.35. The van der Waals surface area contributed by atoms with Crippen molar-refractivity contribution in [2.45, 2.75) is 70.7 Å². The third kappa shape index (κ3) is 8.28. The number of nitrogens with zero attached hydrogens (tertiary/aromatic N) is 4. The highest BCUT2D eigenvalue weighted by atomic mass is 32.2. The number of benzene rings is 2. The predicted molar refractivity (Wildman–Crippen MR) is 182 cm³/mol. The maximum atomic E-state index is 14.1. The normalized spacial score (nSPS) is 16.6. The van der Waals surface area contributed by atoms with Crippen LogP contribution in [0.5, 0.6) is 11.5 Å². The minimum absolute atomic E-state index is 0.0119. The minimum atomic E-state index is -4.07. The Morgan fingerprint density at radius 3 is 2.46 bits per heavy atom. The molecule has 2 aliphatic heterocycles. The van der Waals surface area contributed by atoms with Crippen LogP contribution in [0.15, 0.2) is 58.8 Å². The number of thiazole rings is 1. The monoisotopic (exact) mass is 699 g/mol. The second-order valence-corrected chi connectivity index (χ2v) is 16.0. The maximum Gasteiger partial charge on any atom is 0.321 e. The molecule has 1 fully saturated rings. The summed E-state index contributed by atoms with van der Waals surface area (Å²) in [6, 6.07) is 12.0. The van der Waals surface area contributed by atoms with E-state index in [1.807, 2.05) is 70.3 Å². The van der Waals surface area contributed by atoms with Gasteiger partial charge in [-0.15, -0.1) is 11.3 Å². The van der Waals surface area contributed by atoms with Crippen LogP contribution in [-0.2, 0) is 27.8 Å². The number of aliphatic hydroxyl groups is 1. The zero-order chi connectivity index (χ0) is 34.6. The number of aromatic nitrogens is 1. The van der Waals surface area contributed by atoms with Gasteiger partial charge in [0.25, 0.3) is 0 Å². The fourth-order valence-corrected chi connectivity index (χ4v) is 8.35. The molecular weight excluding hydrogens is 655 g/mol. The molecule has 2 aliphatic rings. The molecule has 5 rings (SSSR count). The van der Waals surface area contributed by atoms with Crippen LogP contribution in [0, 0.1) is 18.8 Å². The number of aliphatic hydroxyl groups excluding tert-OH is 1. The van der Waals surface area contributed by atoms with Gasteiger partial charge in [0.15, 0.2) is 11.5 Å². The molecule has 3 amide bonds. The molecule has 1 saturated heterocycles. The first-order valence-electron chi connectivity index (χ1n) is 16.2. The molecule has 0 aliphatic carbocycles. The lowest BCUT2D eigenvalue weighted by molar-refractivity contribution is -0.128.